The fraction of sp³-hybridized carbons (Fsp3) is 0.0909. The van der Waals surface area contributed by atoms with E-state index in [1.54, 1.807) is 18.3 Å². The second kappa shape index (κ2) is 5.50. The van der Waals surface area contributed by atoms with Crippen molar-refractivity contribution in [2.24, 2.45) is 0 Å². The number of nitrogens with one attached hydrogen (secondary N) is 1. The molecule has 0 fully saturated rings. The van der Waals surface area contributed by atoms with E-state index in [1.807, 2.05) is 6.07 Å². The minimum absolute atomic E-state index is 0.109. The van der Waals surface area contributed by atoms with Crippen LogP contribution in [0.5, 0.6) is 0 Å². The predicted molar refractivity (Wildman–Crippen MR) is 65.0 cm³/mol. The summed E-state index contributed by atoms with van der Waals surface area (Å²) in [6.45, 7) is 0.327. The monoisotopic (exact) mass is 256 g/mol. The van der Waals surface area contributed by atoms with E-state index in [-0.39, 0.29) is 17.1 Å². The summed E-state index contributed by atoms with van der Waals surface area (Å²) in [6.07, 6.45) is 2.65. The third-order valence-electron chi connectivity index (χ3n) is 2.27. The number of hydrogen-bond donors (Lipinski definition) is 1. The topological polar surface area (TPSA) is 118 Å². The normalized spacial score (nSPS) is 9.63. The first kappa shape index (κ1) is 12.4. The van der Waals surface area contributed by atoms with Gasteiger partial charge in [0.05, 0.1) is 17.2 Å². The third kappa shape index (κ3) is 2.98. The molecule has 0 aliphatic carbocycles. The van der Waals surface area contributed by atoms with Gasteiger partial charge in [0.25, 0.3) is 5.69 Å². The van der Waals surface area contributed by atoms with Gasteiger partial charge in [-0.2, -0.15) is 15.5 Å². The lowest BCUT2D eigenvalue weighted by Gasteiger charge is -2.05. The maximum Gasteiger partial charge on any atom is 0.289 e. The van der Waals surface area contributed by atoms with Gasteiger partial charge in [0.2, 0.25) is 0 Å². The fourth-order valence-electron chi connectivity index (χ4n) is 1.38. The lowest BCUT2D eigenvalue weighted by atomic mass is 10.2. The molecule has 0 saturated carbocycles. The summed E-state index contributed by atoms with van der Waals surface area (Å²) in [5.41, 5.74) is 0.561. The van der Waals surface area contributed by atoms with E-state index in [1.165, 1.54) is 6.07 Å². The van der Waals surface area contributed by atoms with E-state index in [4.69, 9.17) is 5.26 Å². The first-order valence-corrected chi connectivity index (χ1v) is 5.25. The van der Waals surface area contributed by atoms with E-state index in [0.29, 0.717) is 12.2 Å². The number of nitro groups is 1. The van der Waals surface area contributed by atoms with Crippen LogP contribution in [0.2, 0.25) is 0 Å². The van der Waals surface area contributed by atoms with Gasteiger partial charge in [-0.05, 0) is 12.1 Å². The van der Waals surface area contributed by atoms with Crippen molar-refractivity contribution < 1.29 is 4.92 Å². The largest absolute Gasteiger partial charge is 0.363 e. The van der Waals surface area contributed by atoms with Crippen LogP contribution in [0.25, 0.3) is 0 Å². The van der Waals surface area contributed by atoms with Gasteiger partial charge in [0, 0.05) is 12.3 Å². The van der Waals surface area contributed by atoms with Crippen LogP contribution in [0.4, 0.5) is 11.5 Å². The summed E-state index contributed by atoms with van der Waals surface area (Å²) in [4.78, 5) is 13.8. The Kier molecular flexibility index (Phi) is 3.59. The summed E-state index contributed by atoms with van der Waals surface area (Å²) >= 11 is 0. The van der Waals surface area contributed by atoms with E-state index in [2.05, 4.69) is 20.5 Å². The van der Waals surface area contributed by atoms with E-state index >= 15 is 0 Å². The van der Waals surface area contributed by atoms with E-state index in [9.17, 15) is 10.1 Å². The number of nitriles is 1. The smallest absolute Gasteiger partial charge is 0.289 e. The van der Waals surface area contributed by atoms with Crippen molar-refractivity contribution in [1.29, 1.82) is 5.26 Å². The van der Waals surface area contributed by atoms with Gasteiger partial charge in [-0.25, -0.2) is 4.98 Å². The van der Waals surface area contributed by atoms with Gasteiger partial charge in [-0.1, -0.05) is 0 Å². The molecule has 0 aliphatic heterocycles. The maximum atomic E-state index is 10.6. The maximum absolute atomic E-state index is 10.6. The summed E-state index contributed by atoms with van der Waals surface area (Å²) in [7, 11) is 0. The second-order valence-electron chi connectivity index (χ2n) is 3.53. The van der Waals surface area contributed by atoms with Crippen LogP contribution in [0, 0.1) is 21.4 Å². The lowest BCUT2D eigenvalue weighted by Crippen LogP contribution is -2.06. The molecule has 0 saturated heterocycles. The number of aromatic nitrogens is 3. The average Bonchev–Trinajstić information content (AvgIpc) is 2.45. The Hall–Kier alpha value is -3.08. The minimum atomic E-state index is -0.597. The fourth-order valence-corrected chi connectivity index (χ4v) is 1.38. The second-order valence-corrected chi connectivity index (χ2v) is 3.53. The average molecular weight is 256 g/mol. The van der Waals surface area contributed by atoms with Crippen molar-refractivity contribution in [3.05, 3.63) is 52.0 Å². The first-order chi connectivity index (χ1) is 9.20. The Morgan fingerprint density at radius 3 is 3.00 bits per heavy atom. The standard InChI is InChI=1S/C11H8N6O2/c12-5-8-4-10(17(18)19)7-14-11(8)13-6-9-2-1-3-15-16-9/h1-4,7H,6H2,(H,13,14). The minimum Gasteiger partial charge on any atom is -0.363 e. The van der Waals surface area contributed by atoms with Gasteiger partial charge < -0.3 is 5.32 Å². The van der Waals surface area contributed by atoms with Crippen LogP contribution in [-0.4, -0.2) is 20.1 Å². The Bertz CT molecular complexity index is 637. The van der Waals surface area contributed by atoms with Gasteiger partial charge >= 0.3 is 0 Å². The Morgan fingerprint density at radius 2 is 2.37 bits per heavy atom. The van der Waals surface area contributed by atoms with Crippen LogP contribution >= 0.6 is 0 Å². The SMILES string of the molecule is N#Cc1cc([N+](=O)[O-])cnc1NCc1cccnn1. The highest BCUT2D eigenvalue weighted by atomic mass is 16.6. The molecule has 0 bridgehead atoms. The Morgan fingerprint density at radius 1 is 1.53 bits per heavy atom. The highest BCUT2D eigenvalue weighted by Crippen LogP contribution is 2.18. The van der Waals surface area contributed by atoms with Crippen LogP contribution in [0.3, 0.4) is 0 Å². The number of pyridine rings is 1. The molecule has 19 heavy (non-hydrogen) atoms. The van der Waals surface area contributed by atoms with Gasteiger partial charge in [-0.15, -0.1) is 0 Å². The number of rotatable bonds is 4. The Balaban J connectivity index is 2.17. The van der Waals surface area contributed by atoms with Gasteiger partial charge in [0.15, 0.2) is 0 Å². The molecule has 0 radical (unpaired) electrons. The Labute approximate surface area is 107 Å². The van der Waals surface area contributed by atoms with Gasteiger partial charge in [-0.3, -0.25) is 10.1 Å². The van der Waals surface area contributed by atoms with Crippen LogP contribution in [-0.2, 0) is 6.54 Å². The molecule has 8 heteroatoms. The van der Waals surface area contributed by atoms with Crippen molar-refractivity contribution in [2.75, 3.05) is 5.32 Å². The number of hydrogen-bond acceptors (Lipinski definition) is 7. The molecule has 0 atom stereocenters. The van der Waals surface area contributed by atoms with Crippen LogP contribution in [0.1, 0.15) is 11.3 Å². The number of anilines is 1. The molecule has 2 heterocycles. The van der Waals surface area contributed by atoms with E-state index < -0.39 is 4.92 Å². The molecule has 94 valence electrons. The van der Waals surface area contributed by atoms with Crippen molar-refractivity contribution in [2.45, 2.75) is 6.54 Å². The van der Waals surface area contributed by atoms with Crippen molar-refractivity contribution >= 4 is 11.5 Å². The van der Waals surface area contributed by atoms with Crippen LogP contribution in [0.15, 0.2) is 30.6 Å². The molecule has 2 rings (SSSR count). The zero-order valence-electron chi connectivity index (χ0n) is 9.65. The molecule has 0 amide bonds. The third-order valence-corrected chi connectivity index (χ3v) is 2.27. The zero-order valence-corrected chi connectivity index (χ0v) is 9.65. The lowest BCUT2D eigenvalue weighted by molar-refractivity contribution is -0.385. The molecule has 2 aromatic heterocycles. The molecule has 0 aromatic carbocycles. The molecule has 0 aliphatic rings. The molecular formula is C11H8N6O2. The van der Waals surface area contributed by atoms with Crippen molar-refractivity contribution in [1.82, 2.24) is 15.2 Å². The first-order valence-electron chi connectivity index (χ1n) is 5.25. The highest BCUT2D eigenvalue weighted by Gasteiger charge is 2.11. The van der Waals surface area contributed by atoms with Gasteiger partial charge in [0.1, 0.15) is 23.6 Å². The number of nitrogens with zero attached hydrogens (tertiary/aromatic N) is 5. The van der Waals surface area contributed by atoms with Crippen molar-refractivity contribution in [3.63, 3.8) is 0 Å². The molecule has 8 nitrogen and oxygen atoms in total. The summed E-state index contributed by atoms with van der Waals surface area (Å²) < 4.78 is 0. The van der Waals surface area contributed by atoms with Crippen molar-refractivity contribution in [3.8, 4) is 6.07 Å². The molecule has 1 N–H and O–H groups in total. The molecular weight excluding hydrogens is 248 g/mol. The summed E-state index contributed by atoms with van der Waals surface area (Å²) in [5.74, 6) is 0.277. The summed E-state index contributed by atoms with van der Waals surface area (Å²) in [5, 5.41) is 30.0. The quantitative estimate of drug-likeness (QED) is 0.646. The molecule has 0 unspecified atom stereocenters. The molecule has 2 aromatic rings. The predicted octanol–water partition coefficient (Wildman–Crippen LogP) is 1.26. The van der Waals surface area contributed by atoms with E-state index in [0.717, 1.165) is 6.20 Å². The van der Waals surface area contributed by atoms with Crippen LogP contribution < -0.4 is 5.32 Å². The summed E-state index contributed by atoms with van der Waals surface area (Å²) in [6, 6.07) is 6.53. The highest BCUT2D eigenvalue weighted by molar-refractivity contribution is 5.55. The molecule has 0 spiro atoms. The zero-order chi connectivity index (χ0) is 13.7.